The van der Waals surface area contributed by atoms with Gasteiger partial charge in [0.2, 0.25) is 0 Å². The van der Waals surface area contributed by atoms with Gasteiger partial charge in [-0.05, 0) is 56.5 Å². The highest BCUT2D eigenvalue weighted by Crippen LogP contribution is 2.26. The van der Waals surface area contributed by atoms with E-state index in [0.717, 1.165) is 16.9 Å². The van der Waals surface area contributed by atoms with Gasteiger partial charge < -0.3 is 10.5 Å². The second-order valence-electron chi connectivity index (χ2n) is 5.82. The first-order valence-electron chi connectivity index (χ1n) is 7.68. The topological polar surface area (TPSA) is 35.2 Å². The highest BCUT2D eigenvalue weighted by molar-refractivity contribution is 5.42. The fourth-order valence-electron chi connectivity index (χ4n) is 2.90. The summed E-state index contributed by atoms with van der Waals surface area (Å²) in [6, 6.07) is 11.0. The molecule has 2 aromatic carbocycles. The molecular weight excluding hydrogens is 277 g/mol. The predicted octanol–water partition coefficient (Wildman–Crippen LogP) is 4.26. The standard InChI is InChI=1S/C19H24FNO/c1-13-10-14(2)19(15(3)11-13)22-9-8-16(12-21)17-6-4-5-7-18(17)20/h4-7,10-11,16H,8-9,12,21H2,1-3H3. The highest BCUT2D eigenvalue weighted by Gasteiger charge is 2.14. The number of halogens is 1. The molecule has 1 unspecified atom stereocenters. The number of hydrogen-bond acceptors (Lipinski definition) is 2. The van der Waals surface area contributed by atoms with E-state index < -0.39 is 0 Å². The van der Waals surface area contributed by atoms with Crippen LogP contribution in [0.25, 0.3) is 0 Å². The van der Waals surface area contributed by atoms with Crippen molar-refractivity contribution >= 4 is 0 Å². The Morgan fingerprint density at radius 1 is 1.09 bits per heavy atom. The normalized spacial score (nSPS) is 12.2. The number of aryl methyl sites for hydroxylation is 3. The zero-order chi connectivity index (χ0) is 16.1. The van der Waals surface area contributed by atoms with Crippen LogP contribution < -0.4 is 10.5 Å². The van der Waals surface area contributed by atoms with E-state index >= 15 is 0 Å². The van der Waals surface area contributed by atoms with Crippen LogP contribution in [0.4, 0.5) is 4.39 Å². The molecule has 22 heavy (non-hydrogen) atoms. The monoisotopic (exact) mass is 301 g/mol. The number of nitrogens with two attached hydrogens (primary N) is 1. The van der Waals surface area contributed by atoms with Crippen LogP contribution in [0.1, 0.15) is 34.6 Å². The number of rotatable bonds is 6. The van der Waals surface area contributed by atoms with Crippen LogP contribution in [0, 0.1) is 26.6 Å². The van der Waals surface area contributed by atoms with Gasteiger partial charge in [0, 0.05) is 5.92 Å². The molecule has 1 atom stereocenters. The van der Waals surface area contributed by atoms with Crippen LogP contribution in [-0.2, 0) is 0 Å². The van der Waals surface area contributed by atoms with Gasteiger partial charge in [0.15, 0.2) is 0 Å². The molecule has 0 saturated carbocycles. The van der Waals surface area contributed by atoms with E-state index in [0.29, 0.717) is 25.1 Å². The van der Waals surface area contributed by atoms with Crippen molar-refractivity contribution in [3.8, 4) is 5.75 Å². The molecule has 0 saturated heterocycles. The summed E-state index contributed by atoms with van der Waals surface area (Å²) in [5.41, 5.74) is 9.98. The molecular formula is C19H24FNO. The van der Waals surface area contributed by atoms with Gasteiger partial charge in [0.1, 0.15) is 11.6 Å². The molecule has 2 aromatic rings. The van der Waals surface area contributed by atoms with Crippen LogP contribution >= 0.6 is 0 Å². The fourth-order valence-corrected chi connectivity index (χ4v) is 2.90. The van der Waals surface area contributed by atoms with E-state index in [1.807, 2.05) is 19.9 Å². The molecule has 0 fully saturated rings. The molecule has 0 aliphatic heterocycles. The minimum absolute atomic E-state index is 0.0211. The van der Waals surface area contributed by atoms with Gasteiger partial charge in [0.05, 0.1) is 6.61 Å². The third kappa shape index (κ3) is 3.86. The van der Waals surface area contributed by atoms with Gasteiger partial charge in [-0.25, -0.2) is 4.39 Å². The summed E-state index contributed by atoms with van der Waals surface area (Å²) in [6.07, 6.45) is 0.699. The van der Waals surface area contributed by atoms with Gasteiger partial charge >= 0.3 is 0 Å². The molecule has 0 radical (unpaired) electrons. The molecule has 2 N–H and O–H groups in total. The fraction of sp³-hybridized carbons (Fsp3) is 0.368. The van der Waals surface area contributed by atoms with Gasteiger partial charge in [-0.2, -0.15) is 0 Å². The van der Waals surface area contributed by atoms with Crippen LogP contribution in [0.5, 0.6) is 5.75 Å². The Bertz CT molecular complexity index is 616. The minimum Gasteiger partial charge on any atom is -0.493 e. The van der Waals surface area contributed by atoms with Crippen molar-refractivity contribution < 1.29 is 9.13 Å². The predicted molar refractivity (Wildman–Crippen MR) is 89.0 cm³/mol. The Labute approximate surface area is 132 Å². The lowest BCUT2D eigenvalue weighted by Gasteiger charge is -2.18. The summed E-state index contributed by atoms with van der Waals surface area (Å²) in [5.74, 6) is 0.711. The molecule has 0 spiro atoms. The zero-order valence-electron chi connectivity index (χ0n) is 13.5. The SMILES string of the molecule is Cc1cc(C)c(OCCC(CN)c2ccccc2F)c(C)c1. The van der Waals surface area contributed by atoms with E-state index in [1.54, 1.807) is 12.1 Å². The lowest BCUT2D eigenvalue weighted by molar-refractivity contribution is 0.293. The van der Waals surface area contributed by atoms with E-state index in [4.69, 9.17) is 10.5 Å². The maximum Gasteiger partial charge on any atom is 0.126 e. The van der Waals surface area contributed by atoms with E-state index in [-0.39, 0.29) is 11.7 Å². The maximum absolute atomic E-state index is 13.9. The lowest BCUT2D eigenvalue weighted by atomic mass is 9.96. The first-order chi connectivity index (χ1) is 10.5. The Morgan fingerprint density at radius 2 is 1.73 bits per heavy atom. The zero-order valence-corrected chi connectivity index (χ0v) is 13.5. The first-order valence-corrected chi connectivity index (χ1v) is 7.68. The van der Waals surface area contributed by atoms with Crippen LogP contribution in [-0.4, -0.2) is 13.2 Å². The van der Waals surface area contributed by atoms with Crippen molar-refractivity contribution in [3.63, 3.8) is 0 Å². The molecule has 0 amide bonds. The van der Waals surface area contributed by atoms with Crippen molar-refractivity contribution in [2.75, 3.05) is 13.2 Å². The molecule has 2 rings (SSSR count). The van der Waals surface area contributed by atoms with E-state index in [1.165, 1.54) is 11.6 Å². The van der Waals surface area contributed by atoms with Crippen LogP contribution in [0.2, 0.25) is 0 Å². The van der Waals surface area contributed by atoms with Crippen LogP contribution in [0.15, 0.2) is 36.4 Å². The van der Waals surface area contributed by atoms with Crippen LogP contribution in [0.3, 0.4) is 0 Å². The molecule has 3 heteroatoms. The van der Waals surface area contributed by atoms with E-state index in [9.17, 15) is 4.39 Å². The van der Waals surface area contributed by atoms with Crippen molar-refractivity contribution in [1.82, 2.24) is 0 Å². The summed E-state index contributed by atoms with van der Waals surface area (Å²) >= 11 is 0. The molecule has 2 nitrogen and oxygen atoms in total. The Kier molecular flexibility index (Phi) is 5.56. The summed E-state index contributed by atoms with van der Waals surface area (Å²) in [7, 11) is 0. The quantitative estimate of drug-likeness (QED) is 0.865. The molecule has 0 aliphatic carbocycles. The van der Waals surface area contributed by atoms with Gasteiger partial charge in [-0.15, -0.1) is 0 Å². The number of hydrogen-bond donors (Lipinski definition) is 1. The molecule has 0 aliphatic rings. The minimum atomic E-state index is -0.194. The van der Waals surface area contributed by atoms with Crippen molar-refractivity contribution in [2.24, 2.45) is 5.73 Å². The number of ether oxygens (including phenoxy) is 1. The first kappa shape index (κ1) is 16.5. The lowest BCUT2D eigenvalue weighted by Crippen LogP contribution is -2.17. The van der Waals surface area contributed by atoms with Gasteiger partial charge in [-0.3, -0.25) is 0 Å². The highest BCUT2D eigenvalue weighted by atomic mass is 19.1. The average Bonchev–Trinajstić information content (AvgIpc) is 2.47. The van der Waals surface area contributed by atoms with Gasteiger partial charge in [0.25, 0.3) is 0 Å². The average molecular weight is 301 g/mol. The molecule has 0 heterocycles. The van der Waals surface area contributed by atoms with Crippen molar-refractivity contribution in [1.29, 1.82) is 0 Å². The Hall–Kier alpha value is -1.87. The van der Waals surface area contributed by atoms with Gasteiger partial charge in [-0.1, -0.05) is 35.9 Å². The third-order valence-corrected chi connectivity index (χ3v) is 3.95. The molecule has 0 aromatic heterocycles. The number of benzene rings is 2. The summed E-state index contributed by atoms with van der Waals surface area (Å²) in [6.45, 7) is 7.11. The largest absolute Gasteiger partial charge is 0.493 e. The second-order valence-corrected chi connectivity index (χ2v) is 5.82. The van der Waals surface area contributed by atoms with Crippen molar-refractivity contribution in [2.45, 2.75) is 33.1 Å². The third-order valence-electron chi connectivity index (χ3n) is 3.95. The van der Waals surface area contributed by atoms with Crippen molar-refractivity contribution in [3.05, 3.63) is 64.5 Å². The smallest absolute Gasteiger partial charge is 0.126 e. The summed E-state index contributed by atoms with van der Waals surface area (Å²) < 4.78 is 19.8. The Morgan fingerprint density at radius 3 is 2.32 bits per heavy atom. The summed E-state index contributed by atoms with van der Waals surface area (Å²) in [5, 5.41) is 0. The molecule has 0 bridgehead atoms. The Balaban J connectivity index is 2.02. The second kappa shape index (κ2) is 7.41. The maximum atomic E-state index is 13.9. The molecule has 118 valence electrons. The van der Waals surface area contributed by atoms with E-state index in [2.05, 4.69) is 19.1 Å². The summed E-state index contributed by atoms with van der Waals surface area (Å²) in [4.78, 5) is 0.